The number of hydrogen-bond donors (Lipinski definition) is 3. The summed E-state index contributed by atoms with van der Waals surface area (Å²) in [4.78, 5) is 25.2. The molecule has 3 rings (SSSR count). The normalized spacial score (nSPS) is 16.4. The van der Waals surface area contributed by atoms with Gasteiger partial charge in [-0.3, -0.25) is 4.79 Å². The maximum Gasteiger partial charge on any atom is 0.315 e. The Balaban J connectivity index is 1.56. The highest BCUT2D eigenvalue weighted by Crippen LogP contribution is 2.29. The van der Waals surface area contributed by atoms with Crippen molar-refractivity contribution >= 4 is 11.9 Å². The molecule has 154 valence electrons. The zero-order valence-electron chi connectivity index (χ0n) is 16.7. The lowest BCUT2D eigenvalue weighted by atomic mass is 9.87. The molecule has 0 heterocycles. The maximum absolute atomic E-state index is 13.0. The minimum Gasteiger partial charge on any atom is -0.348 e. The highest BCUT2D eigenvalue weighted by atomic mass is 19.1. The molecule has 0 saturated carbocycles. The minimum atomic E-state index is -0.595. The standard InChI is InChI=1S/C23H28FN3O2/c1-2-6-21(27-23(29)25-15-16-11-13-18(24)14-12-16)22(28)26-20-10-5-8-17-7-3-4-9-19(17)20/h3-4,7,9,11-14,20-21H,2,5-6,8,10,15H2,1H3,(H,26,28)(H2,25,27,29). The Kier molecular flexibility index (Phi) is 7.22. The van der Waals surface area contributed by atoms with E-state index in [1.165, 1.54) is 23.3 Å². The first-order chi connectivity index (χ1) is 14.1. The quantitative estimate of drug-likeness (QED) is 0.661. The van der Waals surface area contributed by atoms with Crippen LogP contribution in [0.25, 0.3) is 0 Å². The van der Waals surface area contributed by atoms with E-state index in [0.29, 0.717) is 6.42 Å². The molecular weight excluding hydrogens is 369 g/mol. The molecule has 29 heavy (non-hydrogen) atoms. The summed E-state index contributed by atoms with van der Waals surface area (Å²) < 4.78 is 13.0. The van der Waals surface area contributed by atoms with Crippen molar-refractivity contribution in [3.63, 3.8) is 0 Å². The molecule has 0 spiro atoms. The predicted octanol–water partition coefficient (Wildman–Crippen LogP) is 3.99. The second-order valence-electron chi connectivity index (χ2n) is 7.45. The van der Waals surface area contributed by atoms with Crippen molar-refractivity contribution in [2.75, 3.05) is 0 Å². The lowest BCUT2D eigenvalue weighted by Gasteiger charge is -2.28. The van der Waals surface area contributed by atoms with Crippen LogP contribution in [-0.4, -0.2) is 18.0 Å². The van der Waals surface area contributed by atoms with Gasteiger partial charge in [0.15, 0.2) is 0 Å². The summed E-state index contributed by atoms with van der Waals surface area (Å²) >= 11 is 0. The number of carbonyl (C=O) groups excluding carboxylic acids is 2. The number of hydrogen-bond acceptors (Lipinski definition) is 2. The summed E-state index contributed by atoms with van der Waals surface area (Å²) in [7, 11) is 0. The van der Waals surface area contributed by atoms with Crippen molar-refractivity contribution in [1.82, 2.24) is 16.0 Å². The SMILES string of the molecule is CCCC(NC(=O)NCc1ccc(F)cc1)C(=O)NC1CCCc2ccccc21. The number of benzene rings is 2. The average molecular weight is 397 g/mol. The topological polar surface area (TPSA) is 70.2 Å². The molecule has 0 aliphatic heterocycles. The molecule has 0 aromatic heterocycles. The number of carbonyl (C=O) groups is 2. The van der Waals surface area contributed by atoms with Crippen LogP contribution in [0.1, 0.15) is 55.3 Å². The summed E-state index contributed by atoms with van der Waals surface area (Å²) in [6.45, 7) is 2.25. The zero-order valence-corrected chi connectivity index (χ0v) is 16.7. The smallest absolute Gasteiger partial charge is 0.315 e. The summed E-state index contributed by atoms with van der Waals surface area (Å²) in [5.74, 6) is -0.479. The van der Waals surface area contributed by atoms with Gasteiger partial charge in [-0.2, -0.15) is 0 Å². The molecule has 2 aromatic rings. The van der Waals surface area contributed by atoms with E-state index in [-0.39, 0.29) is 24.3 Å². The van der Waals surface area contributed by atoms with E-state index in [4.69, 9.17) is 0 Å². The first kappa shape index (κ1) is 20.8. The van der Waals surface area contributed by atoms with Gasteiger partial charge in [0.1, 0.15) is 11.9 Å². The number of rotatable bonds is 7. The van der Waals surface area contributed by atoms with Gasteiger partial charge in [-0.25, -0.2) is 9.18 Å². The molecule has 2 atom stereocenters. The van der Waals surface area contributed by atoms with Crippen LogP contribution in [0.5, 0.6) is 0 Å². The van der Waals surface area contributed by atoms with Crippen LogP contribution < -0.4 is 16.0 Å². The molecule has 1 aliphatic carbocycles. The lowest BCUT2D eigenvalue weighted by Crippen LogP contribution is -2.50. The van der Waals surface area contributed by atoms with E-state index < -0.39 is 12.1 Å². The van der Waals surface area contributed by atoms with Crippen molar-refractivity contribution in [3.8, 4) is 0 Å². The first-order valence-corrected chi connectivity index (χ1v) is 10.2. The molecule has 2 unspecified atom stereocenters. The number of amides is 3. The summed E-state index contributed by atoms with van der Waals surface area (Å²) in [6, 6.07) is 13.1. The summed E-state index contributed by atoms with van der Waals surface area (Å²) in [6.07, 6.45) is 4.30. The lowest BCUT2D eigenvalue weighted by molar-refractivity contribution is -0.124. The van der Waals surface area contributed by atoms with Crippen molar-refractivity contribution < 1.29 is 14.0 Å². The van der Waals surface area contributed by atoms with Crippen molar-refractivity contribution in [2.45, 2.75) is 57.7 Å². The van der Waals surface area contributed by atoms with Gasteiger partial charge in [-0.1, -0.05) is 49.7 Å². The van der Waals surface area contributed by atoms with E-state index in [0.717, 1.165) is 31.2 Å². The minimum absolute atomic E-state index is 0.0177. The third kappa shape index (κ3) is 5.79. The van der Waals surface area contributed by atoms with Gasteiger partial charge in [0, 0.05) is 6.54 Å². The van der Waals surface area contributed by atoms with Crippen molar-refractivity contribution in [2.24, 2.45) is 0 Å². The van der Waals surface area contributed by atoms with Crippen LogP contribution in [0.3, 0.4) is 0 Å². The fourth-order valence-electron chi connectivity index (χ4n) is 3.73. The molecule has 0 saturated heterocycles. The van der Waals surface area contributed by atoms with Crippen LogP contribution in [0.2, 0.25) is 0 Å². The number of aryl methyl sites for hydroxylation is 1. The number of fused-ring (bicyclic) bond motifs is 1. The molecule has 2 aromatic carbocycles. The Bertz CT molecular complexity index is 838. The largest absolute Gasteiger partial charge is 0.348 e. The Morgan fingerprint density at radius 2 is 1.90 bits per heavy atom. The molecule has 0 bridgehead atoms. The molecule has 6 heteroatoms. The molecule has 0 fully saturated rings. The molecule has 1 aliphatic rings. The second-order valence-corrected chi connectivity index (χ2v) is 7.45. The molecular formula is C23H28FN3O2. The second kappa shape index (κ2) is 10.0. The Labute approximate surface area is 171 Å². The van der Waals surface area contributed by atoms with Gasteiger partial charge >= 0.3 is 6.03 Å². The highest BCUT2D eigenvalue weighted by molar-refractivity contribution is 5.87. The van der Waals surface area contributed by atoms with Crippen molar-refractivity contribution in [3.05, 3.63) is 71.0 Å². The van der Waals surface area contributed by atoms with Gasteiger partial charge in [-0.05, 0) is 54.5 Å². The summed E-state index contributed by atoms with van der Waals surface area (Å²) in [5.41, 5.74) is 3.24. The van der Waals surface area contributed by atoms with Crippen LogP contribution >= 0.6 is 0 Å². The third-order valence-electron chi connectivity index (χ3n) is 5.25. The van der Waals surface area contributed by atoms with Crippen LogP contribution in [-0.2, 0) is 17.8 Å². The molecule has 3 N–H and O–H groups in total. The van der Waals surface area contributed by atoms with E-state index in [2.05, 4.69) is 28.1 Å². The Hall–Kier alpha value is -2.89. The Morgan fingerprint density at radius 3 is 2.66 bits per heavy atom. The number of nitrogens with one attached hydrogen (secondary N) is 3. The van der Waals surface area contributed by atoms with E-state index in [1.807, 2.05) is 19.1 Å². The van der Waals surface area contributed by atoms with Crippen LogP contribution in [0.4, 0.5) is 9.18 Å². The number of urea groups is 1. The molecule has 0 radical (unpaired) electrons. The van der Waals surface area contributed by atoms with Gasteiger partial charge in [0.2, 0.25) is 5.91 Å². The average Bonchev–Trinajstić information content (AvgIpc) is 2.73. The van der Waals surface area contributed by atoms with Gasteiger partial charge in [0.05, 0.1) is 6.04 Å². The van der Waals surface area contributed by atoms with Gasteiger partial charge in [0.25, 0.3) is 0 Å². The summed E-state index contributed by atoms with van der Waals surface area (Å²) in [5, 5.41) is 8.63. The monoisotopic (exact) mass is 397 g/mol. The van der Waals surface area contributed by atoms with E-state index >= 15 is 0 Å². The molecule has 3 amide bonds. The van der Waals surface area contributed by atoms with Crippen LogP contribution in [0, 0.1) is 5.82 Å². The zero-order chi connectivity index (χ0) is 20.6. The third-order valence-corrected chi connectivity index (χ3v) is 5.25. The van der Waals surface area contributed by atoms with Gasteiger partial charge < -0.3 is 16.0 Å². The fraction of sp³-hybridized carbons (Fsp3) is 0.391. The highest BCUT2D eigenvalue weighted by Gasteiger charge is 2.26. The van der Waals surface area contributed by atoms with E-state index in [9.17, 15) is 14.0 Å². The molecule has 5 nitrogen and oxygen atoms in total. The number of halogens is 1. The maximum atomic E-state index is 13.0. The van der Waals surface area contributed by atoms with E-state index in [1.54, 1.807) is 12.1 Å². The van der Waals surface area contributed by atoms with Crippen LogP contribution in [0.15, 0.2) is 48.5 Å². The first-order valence-electron chi connectivity index (χ1n) is 10.2. The fourth-order valence-corrected chi connectivity index (χ4v) is 3.73. The van der Waals surface area contributed by atoms with Crippen molar-refractivity contribution in [1.29, 1.82) is 0 Å². The predicted molar refractivity (Wildman–Crippen MR) is 111 cm³/mol. The Morgan fingerprint density at radius 1 is 1.14 bits per heavy atom. The van der Waals surface area contributed by atoms with Gasteiger partial charge in [-0.15, -0.1) is 0 Å².